The molecule has 1 aromatic heterocycles. The lowest BCUT2D eigenvalue weighted by molar-refractivity contribution is 0.171. The van der Waals surface area contributed by atoms with Gasteiger partial charge in [-0.15, -0.1) is 0 Å². The molecule has 0 bridgehead atoms. The van der Waals surface area contributed by atoms with E-state index in [1.54, 1.807) is 0 Å². The molecule has 1 atom stereocenters. The van der Waals surface area contributed by atoms with Crippen molar-refractivity contribution in [3.05, 3.63) is 35.5 Å². The van der Waals surface area contributed by atoms with E-state index in [9.17, 15) is 0 Å². The highest BCUT2D eigenvalue weighted by Gasteiger charge is 2.19. The summed E-state index contributed by atoms with van der Waals surface area (Å²) < 4.78 is 11.2. The molecule has 2 aliphatic rings. The van der Waals surface area contributed by atoms with E-state index in [0.717, 1.165) is 41.7 Å². The van der Waals surface area contributed by atoms with E-state index in [1.165, 1.54) is 12.8 Å². The van der Waals surface area contributed by atoms with Crippen LogP contribution in [-0.2, 0) is 6.54 Å². The summed E-state index contributed by atoms with van der Waals surface area (Å²) in [5.41, 5.74) is 1.98. The highest BCUT2D eigenvalue weighted by atomic mass is 32.1. The Hall–Kier alpha value is -2.61. The fourth-order valence-electron chi connectivity index (χ4n) is 3.69. The molecule has 1 aromatic carbocycles. The number of anilines is 2. The Morgan fingerprint density at radius 3 is 2.86 bits per heavy atom. The van der Waals surface area contributed by atoms with Gasteiger partial charge in [-0.3, -0.25) is 0 Å². The van der Waals surface area contributed by atoms with E-state index >= 15 is 0 Å². The van der Waals surface area contributed by atoms with Crippen LogP contribution in [0.2, 0.25) is 0 Å². The summed E-state index contributed by atoms with van der Waals surface area (Å²) in [6, 6.07) is 7.94. The van der Waals surface area contributed by atoms with Gasteiger partial charge in [0.15, 0.2) is 16.6 Å². The number of fused-ring (bicyclic) bond motifs is 1. The van der Waals surface area contributed by atoms with Crippen molar-refractivity contribution in [3.63, 3.8) is 0 Å². The van der Waals surface area contributed by atoms with Crippen molar-refractivity contribution in [2.24, 2.45) is 5.92 Å². The predicted octanol–water partition coefficient (Wildman–Crippen LogP) is 3.28. The van der Waals surface area contributed by atoms with Gasteiger partial charge in [-0.25, -0.2) is 4.98 Å². The molecule has 7 nitrogen and oxygen atoms in total. The normalized spacial score (nSPS) is 18.3. The first-order chi connectivity index (χ1) is 14.1. The Kier molecular flexibility index (Phi) is 5.99. The third-order valence-electron chi connectivity index (χ3n) is 5.11. The molecule has 0 aliphatic carbocycles. The number of nitrogens with one attached hydrogen (secondary N) is 2. The summed E-state index contributed by atoms with van der Waals surface area (Å²) in [6.45, 7) is 8.08. The first kappa shape index (κ1) is 19.7. The fourth-order valence-corrected chi connectivity index (χ4v) is 3.86. The van der Waals surface area contributed by atoms with Crippen LogP contribution in [0.15, 0.2) is 24.3 Å². The number of thiocarbonyl (C=S) groups is 1. The number of rotatable bonds is 4. The molecule has 1 fully saturated rings. The maximum atomic E-state index is 5.63. The van der Waals surface area contributed by atoms with Gasteiger partial charge in [0.05, 0.1) is 0 Å². The van der Waals surface area contributed by atoms with Crippen molar-refractivity contribution < 1.29 is 9.47 Å². The molecule has 154 valence electrons. The third-order valence-corrected chi connectivity index (χ3v) is 5.35. The van der Waals surface area contributed by atoms with Crippen molar-refractivity contribution in [2.75, 3.05) is 36.5 Å². The van der Waals surface area contributed by atoms with Gasteiger partial charge in [0.1, 0.15) is 19.0 Å². The zero-order chi connectivity index (χ0) is 20.2. The van der Waals surface area contributed by atoms with Crippen LogP contribution in [0, 0.1) is 12.8 Å². The van der Waals surface area contributed by atoms with Crippen molar-refractivity contribution in [1.82, 2.24) is 15.3 Å². The average molecular weight is 414 g/mol. The number of aryl methyl sites for hydroxylation is 1. The van der Waals surface area contributed by atoms with E-state index in [2.05, 4.69) is 32.4 Å². The quantitative estimate of drug-likeness (QED) is 0.740. The Balaban J connectivity index is 1.37. The predicted molar refractivity (Wildman–Crippen MR) is 118 cm³/mol. The molecule has 2 aliphatic heterocycles. The third kappa shape index (κ3) is 5.06. The standard InChI is InChI=1S/C21H27N5O2S/c1-14-4-3-7-26(13-14)19-10-15(2)23-20(24-19)25-21(29)22-12-16-5-6-17-18(11-16)28-9-8-27-17/h5-6,10-11,14H,3-4,7-9,12-13H2,1-2H3,(H2,22,23,24,25,29)/t14-/m0/s1. The topological polar surface area (TPSA) is 71.5 Å². The monoisotopic (exact) mass is 413 g/mol. The molecule has 0 spiro atoms. The minimum absolute atomic E-state index is 0.489. The molecule has 29 heavy (non-hydrogen) atoms. The molecule has 2 aromatic rings. The molecule has 0 unspecified atom stereocenters. The van der Waals surface area contributed by atoms with Crippen molar-refractivity contribution >= 4 is 29.1 Å². The van der Waals surface area contributed by atoms with Gasteiger partial charge < -0.3 is 25.0 Å². The number of hydrogen-bond donors (Lipinski definition) is 2. The second-order valence-corrected chi connectivity index (χ2v) is 8.08. The van der Waals surface area contributed by atoms with Gasteiger partial charge in [-0.05, 0) is 55.6 Å². The number of benzene rings is 1. The Bertz CT molecular complexity index is 891. The van der Waals surface area contributed by atoms with Crippen LogP contribution in [-0.4, -0.2) is 41.4 Å². The van der Waals surface area contributed by atoms with E-state index in [0.29, 0.717) is 36.7 Å². The lowest BCUT2D eigenvalue weighted by Crippen LogP contribution is -2.35. The maximum absolute atomic E-state index is 5.63. The van der Waals surface area contributed by atoms with E-state index in [-0.39, 0.29) is 0 Å². The summed E-state index contributed by atoms with van der Waals surface area (Å²) in [5.74, 6) is 3.73. The molecular weight excluding hydrogens is 386 g/mol. The number of aromatic nitrogens is 2. The summed E-state index contributed by atoms with van der Waals surface area (Å²) in [7, 11) is 0. The highest BCUT2D eigenvalue weighted by Crippen LogP contribution is 2.30. The first-order valence-corrected chi connectivity index (χ1v) is 10.5. The van der Waals surface area contributed by atoms with Gasteiger partial charge in [0, 0.05) is 31.4 Å². The molecule has 8 heteroatoms. The van der Waals surface area contributed by atoms with Crippen LogP contribution in [0.5, 0.6) is 11.5 Å². The number of nitrogens with zero attached hydrogens (tertiary/aromatic N) is 3. The first-order valence-electron chi connectivity index (χ1n) is 10.1. The number of hydrogen-bond acceptors (Lipinski definition) is 6. The highest BCUT2D eigenvalue weighted by molar-refractivity contribution is 7.80. The molecular formula is C21H27N5O2S. The van der Waals surface area contributed by atoms with Gasteiger partial charge in [-0.1, -0.05) is 13.0 Å². The largest absolute Gasteiger partial charge is 0.486 e. The molecule has 4 rings (SSSR count). The van der Waals surface area contributed by atoms with Crippen molar-refractivity contribution in [2.45, 2.75) is 33.2 Å². The minimum Gasteiger partial charge on any atom is -0.486 e. The van der Waals surface area contributed by atoms with Crippen molar-refractivity contribution in [1.29, 1.82) is 0 Å². The fraction of sp³-hybridized carbons (Fsp3) is 0.476. The number of piperidine rings is 1. The molecule has 1 saturated heterocycles. The summed E-state index contributed by atoms with van der Waals surface area (Å²) in [5, 5.41) is 6.82. The summed E-state index contributed by atoms with van der Waals surface area (Å²) in [4.78, 5) is 11.5. The van der Waals surface area contributed by atoms with Crippen LogP contribution in [0.4, 0.5) is 11.8 Å². The van der Waals surface area contributed by atoms with Crippen LogP contribution in [0.25, 0.3) is 0 Å². The van der Waals surface area contributed by atoms with E-state index in [1.807, 2.05) is 31.2 Å². The summed E-state index contributed by atoms with van der Waals surface area (Å²) in [6.07, 6.45) is 2.47. The van der Waals surface area contributed by atoms with Crippen molar-refractivity contribution in [3.8, 4) is 11.5 Å². The second kappa shape index (κ2) is 8.82. The zero-order valence-electron chi connectivity index (χ0n) is 16.9. The smallest absolute Gasteiger partial charge is 0.231 e. The van der Waals surface area contributed by atoms with Gasteiger partial charge in [0.2, 0.25) is 5.95 Å². The van der Waals surface area contributed by atoms with E-state index in [4.69, 9.17) is 21.7 Å². The minimum atomic E-state index is 0.489. The number of ether oxygens (including phenoxy) is 2. The van der Waals surface area contributed by atoms with Crippen LogP contribution in [0.1, 0.15) is 31.0 Å². The Morgan fingerprint density at radius 1 is 1.21 bits per heavy atom. The Morgan fingerprint density at radius 2 is 2.03 bits per heavy atom. The lowest BCUT2D eigenvalue weighted by atomic mass is 10.0. The van der Waals surface area contributed by atoms with E-state index < -0.39 is 0 Å². The molecule has 0 amide bonds. The maximum Gasteiger partial charge on any atom is 0.231 e. The second-order valence-electron chi connectivity index (χ2n) is 7.67. The molecule has 3 heterocycles. The average Bonchev–Trinajstić information content (AvgIpc) is 2.72. The van der Waals surface area contributed by atoms with Gasteiger partial charge >= 0.3 is 0 Å². The summed E-state index contributed by atoms with van der Waals surface area (Å²) >= 11 is 5.45. The lowest BCUT2D eigenvalue weighted by Gasteiger charge is -2.32. The van der Waals surface area contributed by atoms with Crippen LogP contribution in [0.3, 0.4) is 0 Å². The molecule has 0 saturated carbocycles. The van der Waals surface area contributed by atoms with Gasteiger partial charge in [-0.2, -0.15) is 4.98 Å². The Labute approximate surface area is 176 Å². The molecule has 0 radical (unpaired) electrons. The SMILES string of the molecule is Cc1cc(N2CCC[C@H](C)C2)nc(NC(=S)NCc2ccc3c(c2)OCCO3)n1. The van der Waals surface area contributed by atoms with Crippen LogP contribution >= 0.6 is 12.2 Å². The molecule has 2 N–H and O–H groups in total. The van der Waals surface area contributed by atoms with Crippen LogP contribution < -0.4 is 25.0 Å². The van der Waals surface area contributed by atoms with Gasteiger partial charge in [0.25, 0.3) is 0 Å². The zero-order valence-corrected chi connectivity index (χ0v) is 17.7.